The molecular weight excluding hydrogens is 406 g/mol. The van der Waals surface area contributed by atoms with E-state index in [9.17, 15) is 5.11 Å². The molecule has 3 rings (SSSR count). The fourth-order valence-corrected chi connectivity index (χ4v) is 3.45. The molecule has 0 aliphatic heterocycles. The molecule has 0 fully saturated rings. The summed E-state index contributed by atoms with van der Waals surface area (Å²) in [7, 11) is 3.18. The minimum Gasteiger partial charge on any atom is -0.497 e. The molecule has 0 aromatic carbocycles. The van der Waals surface area contributed by atoms with E-state index in [1.165, 1.54) is 0 Å². The predicted octanol–water partition coefficient (Wildman–Crippen LogP) is 4.85. The van der Waals surface area contributed by atoms with Crippen LogP contribution >= 0.6 is 0 Å². The lowest BCUT2D eigenvalue weighted by Crippen LogP contribution is -2.11. The van der Waals surface area contributed by atoms with Crippen LogP contribution in [-0.4, -0.2) is 44.6 Å². The maximum Gasteiger partial charge on any atom is 0.205 e. The van der Waals surface area contributed by atoms with E-state index in [0.29, 0.717) is 33.8 Å². The van der Waals surface area contributed by atoms with Crippen LogP contribution in [-0.2, 0) is 16.0 Å². The molecular formula is C24H31N5O3. The lowest BCUT2D eigenvalue weighted by Gasteiger charge is -2.12. The van der Waals surface area contributed by atoms with Gasteiger partial charge in [0.15, 0.2) is 5.90 Å². The number of aliphatic imine (C=N–C) groups is 1. The monoisotopic (exact) mass is 437 g/mol. The first-order valence-corrected chi connectivity index (χ1v) is 10.6. The Morgan fingerprint density at radius 1 is 1.28 bits per heavy atom. The number of hydrogen-bond acceptors (Lipinski definition) is 6. The van der Waals surface area contributed by atoms with Crippen LogP contribution in [0.2, 0.25) is 0 Å². The number of allylic oxidation sites excluding steroid dienone is 1. The average Bonchev–Trinajstić information content (AvgIpc) is 3.40. The van der Waals surface area contributed by atoms with Crippen LogP contribution in [0.5, 0.6) is 5.88 Å². The summed E-state index contributed by atoms with van der Waals surface area (Å²) in [6.45, 7) is 12.8. The van der Waals surface area contributed by atoms with Gasteiger partial charge in [0.1, 0.15) is 5.76 Å². The standard InChI is InChI=1S/C24H31N5O3/c1-8-15(3)23(32-7)25-12-19(17(5)31-6)20-10-16(4)22-21(27-20)14-29(24(22)30)18-11-26-28(9-2)13-18/h10-15,30H,5,8-9H2,1-4,6-7H3/b19-12+,25-23?. The Kier molecular flexibility index (Phi) is 7.02. The summed E-state index contributed by atoms with van der Waals surface area (Å²) >= 11 is 0. The van der Waals surface area contributed by atoms with E-state index >= 15 is 0 Å². The summed E-state index contributed by atoms with van der Waals surface area (Å²) < 4.78 is 14.3. The van der Waals surface area contributed by atoms with Crippen LogP contribution in [0, 0.1) is 12.8 Å². The van der Waals surface area contributed by atoms with Crippen molar-refractivity contribution in [3.05, 3.63) is 54.5 Å². The molecule has 0 spiro atoms. The molecule has 32 heavy (non-hydrogen) atoms. The highest BCUT2D eigenvalue weighted by molar-refractivity contribution is 5.91. The minimum absolute atomic E-state index is 0.125. The maximum atomic E-state index is 10.9. The zero-order valence-electron chi connectivity index (χ0n) is 19.6. The van der Waals surface area contributed by atoms with Crippen molar-refractivity contribution in [3.63, 3.8) is 0 Å². The minimum atomic E-state index is 0.125. The second-order valence-electron chi connectivity index (χ2n) is 7.61. The number of methoxy groups -OCH3 is 2. The Morgan fingerprint density at radius 2 is 2.03 bits per heavy atom. The summed E-state index contributed by atoms with van der Waals surface area (Å²) in [4.78, 5) is 9.32. The van der Waals surface area contributed by atoms with Crippen LogP contribution < -0.4 is 0 Å². The Morgan fingerprint density at radius 3 is 2.62 bits per heavy atom. The van der Waals surface area contributed by atoms with Crippen molar-refractivity contribution < 1.29 is 14.6 Å². The molecule has 3 heterocycles. The van der Waals surface area contributed by atoms with Gasteiger partial charge in [0.05, 0.1) is 48.3 Å². The average molecular weight is 438 g/mol. The molecule has 170 valence electrons. The predicted molar refractivity (Wildman–Crippen MR) is 127 cm³/mol. The third kappa shape index (κ3) is 4.39. The Balaban J connectivity index is 2.14. The number of rotatable bonds is 8. The molecule has 0 saturated carbocycles. The quantitative estimate of drug-likeness (QED) is 0.236. The zero-order chi connectivity index (χ0) is 23.4. The molecule has 3 aromatic rings. The van der Waals surface area contributed by atoms with Crippen molar-refractivity contribution in [3.8, 4) is 11.6 Å². The van der Waals surface area contributed by atoms with Crippen molar-refractivity contribution in [1.82, 2.24) is 19.3 Å². The van der Waals surface area contributed by atoms with E-state index in [1.807, 2.05) is 26.1 Å². The topological polar surface area (TPSA) is 86.7 Å². The first kappa shape index (κ1) is 23.1. The zero-order valence-corrected chi connectivity index (χ0v) is 19.6. The van der Waals surface area contributed by atoms with Gasteiger partial charge >= 0.3 is 0 Å². The third-order valence-electron chi connectivity index (χ3n) is 5.56. The normalized spacial score (nSPS) is 13.4. The lowest BCUT2D eigenvalue weighted by atomic mass is 10.1. The van der Waals surface area contributed by atoms with E-state index in [-0.39, 0.29) is 11.8 Å². The number of fused-ring (bicyclic) bond motifs is 1. The van der Waals surface area contributed by atoms with Gasteiger partial charge in [-0.25, -0.2) is 9.98 Å². The van der Waals surface area contributed by atoms with E-state index < -0.39 is 0 Å². The van der Waals surface area contributed by atoms with E-state index in [0.717, 1.165) is 24.2 Å². The van der Waals surface area contributed by atoms with Crippen molar-refractivity contribution >= 4 is 22.4 Å². The van der Waals surface area contributed by atoms with Crippen molar-refractivity contribution in [1.29, 1.82) is 0 Å². The van der Waals surface area contributed by atoms with Crippen LogP contribution in [0.3, 0.4) is 0 Å². The summed E-state index contributed by atoms with van der Waals surface area (Å²) in [5.74, 6) is 1.37. The molecule has 0 aliphatic rings. The van der Waals surface area contributed by atoms with Crippen molar-refractivity contribution in [2.75, 3.05) is 14.2 Å². The van der Waals surface area contributed by atoms with Gasteiger partial charge < -0.3 is 14.6 Å². The highest BCUT2D eigenvalue weighted by Crippen LogP contribution is 2.34. The molecule has 8 heteroatoms. The van der Waals surface area contributed by atoms with Gasteiger partial charge in [-0.2, -0.15) is 5.10 Å². The van der Waals surface area contributed by atoms with E-state index in [1.54, 1.807) is 42.1 Å². The van der Waals surface area contributed by atoms with Crippen LogP contribution in [0.15, 0.2) is 48.2 Å². The van der Waals surface area contributed by atoms with E-state index in [2.05, 4.69) is 30.5 Å². The first-order valence-electron chi connectivity index (χ1n) is 10.6. The number of aromatic hydroxyl groups is 1. The van der Waals surface area contributed by atoms with Gasteiger partial charge in [-0.3, -0.25) is 9.25 Å². The molecule has 0 bridgehead atoms. The van der Waals surface area contributed by atoms with Crippen LogP contribution in [0.4, 0.5) is 0 Å². The first-order chi connectivity index (χ1) is 15.3. The third-order valence-corrected chi connectivity index (χ3v) is 5.56. The highest BCUT2D eigenvalue weighted by atomic mass is 16.5. The maximum absolute atomic E-state index is 10.9. The van der Waals surface area contributed by atoms with Gasteiger partial charge in [-0.05, 0) is 31.9 Å². The summed E-state index contributed by atoms with van der Waals surface area (Å²) in [6, 6.07) is 1.89. The summed E-state index contributed by atoms with van der Waals surface area (Å²) in [5, 5.41) is 15.9. The van der Waals surface area contributed by atoms with Crippen LogP contribution in [0.25, 0.3) is 22.2 Å². The Hall–Kier alpha value is -3.55. The number of pyridine rings is 1. The fourth-order valence-electron chi connectivity index (χ4n) is 3.45. The number of ether oxygens (including phenoxy) is 2. The van der Waals surface area contributed by atoms with Crippen LogP contribution in [0.1, 0.15) is 38.4 Å². The second kappa shape index (κ2) is 9.72. The summed E-state index contributed by atoms with van der Waals surface area (Å²) in [5.41, 5.74) is 3.57. The molecule has 0 saturated heterocycles. The van der Waals surface area contributed by atoms with Crippen molar-refractivity contribution in [2.45, 2.75) is 40.7 Å². The number of aromatic nitrogens is 4. The SMILES string of the molecule is C=C(OC)/C(=C\N=C(OC)C(C)CC)c1cc(C)c2c(O)n(-c3cnn(CC)c3)cc2n1. The van der Waals surface area contributed by atoms with Gasteiger partial charge in [0, 0.05) is 31.1 Å². The molecule has 3 aromatic heterocycles. The van der Waals surface area contributed by atoms with E-state index in [4.69, 9.17) is 14.5 Å². The Labute approximate surface area is 188 Å². The lowest BCUT2D eigenvalue weighted by molar-refractivity contribution is 0.312. The molecule has 0 amide bonds. The van der Waals surface area contributed by atoms with Gasteiger partial charge in [0.25, 0.3) is 0 Å². The van der Waals surface area contributed by atoms with Gasteiger partial charge in [-0.1, -0.05) is 20.4 Å². The molecule has 0 aliphatic carbocycles. The van der Waals surface area contributed by atoms with Crippen molar-refractivity contribution in [2.24, 2.45) is 10.9 Å². The smallest absolute Gasteiger partial charge is 0.205 e. The fraction of sp³-hybridized carbons (Fsp3) is 0.375. The molecule has 1 N–H and O–H groups in total. The molecule has 1 unspecified atom stereocenters. The largest absolute Gasteiger partial charge is 0.497 e. The molecule has 0 radical (unpaired) electrons. The molecule has 8 nitrogen and oxygen atoms in total. The number of nitrogens with zero attached hydrogens (tertiary/aromatic N) is 5. The number of aryl methyl sites for hydroxylation is 2. The Bertz CT molecular complexity index is 1190. The van der Waals surface area contributed by atoms with Gasteiger partial charge in [-0.15, -0.1) is 0 Å². The highest BCUT2D eigenvalue weighted by Gasteiger charge is 2.18. The molecule has 1 atom stereocenters. The summed E-state index contributed by atoms with van der Waals surface area (Å²) in [6.07, 6.45) is 7.97. The van der Waals surface area contributed by atoms with Gasteiger partial charge in [0.2, 0.25) is 5.88 Å². The number of hydrogen-bond donors (Lipinski definition) is 1. The second-order valence-corrected chi connectivity index (χ2v) is 7.61.